The van der Waals surface area contributed by atoms with Crippen LogP contribution in [-0.4, -0.2) is 51.0 Å². The lowest BCUT2D eigenvalue weighted by atomic mass is 9.88. The summed E-state index contributed by atoms with van der Waals surface area (Å²) >= 11 is 0. The third-order valence-corrected chi connectivity index (χ3v) is 8.22. The van der Waals surface area contributed by atoms with Crippen LogP contribution >= 0.6 is 0 Å². The van der Waals surface area contributed by atoms with Gasteiger partial charge in [-0.2, -0.15) is 18.3 Å². The smallest absolute Gasteiger partial charge is 0.383 e. The van der Waals surface area contributed by atoms with Gasteiger partial charge in [0, 0.05) is 55.2 Å². The molecule has 6 nitrogen and oxygen atoms in total. The molecule has 4 fully saturated rings. The van der Waals surface area contributed by atoms with Crippen molar-refractivity contribution in [2.24, 2.45) is 11.8 Å². The molecule has 1 spiro atoms. The Kier molecular flexibility index (Phi) is 4.66. The second kappa shape index (κ2) is 7.18. The molecule has 33 heavy (non-hydrogen) atoms. The Balaban J connectivity index is 1.20. The minimum absolute atomic E-state index is 0.129. The number of hydrogen-bond acceptors (Lipinski definition) is 5. The Bertz CT molecular complexity index is 1050. The number of nitrogen functional groups attached to an aromatic ring is 1. The number of pyridine rings is 1. The molecule has 178 valence electrons. The van der Waals surface area contributed by atoms with E-state index >= 15 is 0 Å². The molecule has 4 aliphatic rings. The predicted octanol–water partition coefficient (Wildman–Crippen LogP) is 4.48. The largest absolute Gasteiger partial charge is 0.419 e. The van der Waals surface area contributed by atoms with Gasteiger partial charge in [0.15, 0.2) is 0 Å². The third kappa shape index (κ3) is 3.46. The van der Waals surface area contributed by atoms with Crippen LogP contribution in [0.1, 0.15) is 62.7 Å². The molecule has 2 atom stereocenters. The molecule has 4 heterocycles. The summed E-state index contributed by atoms with van der Waals surface area (Å²) in [4.78, 5) is 6.39. The van der Waals surface area contributed by atoms with Gasteiger partial charge in [-0.05, 0) is 63.5 Å². The van der Waals surface area contributed by atoms with Crippen molar-refractivity contribution >= 4 is 5.82 Å². The number of ether oxygens (including phenoxy) is 1. The maximum atomic E-state index is 13.3. The standard InChI is InChI=1S/C24H30F3N5O/c1-13(2)32-20(9-19(30-32)14-6-18(24(25,26)27)22(28)29-10-14)21-16-7-15(8-17(16)21)31-11-23(12-31)4-3-5-33-23/h6,9-10,13,15-17,21H,3-5,7-8,11-12H2,1-2H3,(H2,28,29). The number of hydrogen-bond donors (Lipinski definition) is 1. The molecule has 2 aromatic rings. The van der Waals surface area contributed by atoms with Gasteiger partial charge in [0.2, 0.25) is 0 Å². The highest BCUT2D eigenvalue weighted by Crippen LogP contribution is 2.64. The highest BCUT2D eigenvalue weighted by atomic mass is 19.4. The van der Waals surface area contributed by atoms with E-state index in [0.29, 0.717) is 35.1 Å². The van der Waals surface area contributed by atoms with E-state index in [0.717, 1.165) is 31.5 Å². The van der Waals surface area contributed by atoms with E-state index < -0.39 is 17.6 Å². The van der Waals surface area contributed by atoms with Crippen LogP contribution in [0.3, 0.4) is 0 Å². The first kappa shape index (κ1) is 21.4. The second-order valence-electron chi connectivity index (χ2n) is 10.7. The van der Waals surface area contributed by atoms with Gasteiger partial charge < -0.3 is 10.5 Å². The molecular weight excluding hydrogens is 431 g/mol. The number of aromatic nitrogens is 3. The molecule has 6 rings (SSSR count). The lowest BCUT2D eigenvalue weighted by molar-refractivity contribution is -0.137. The van der Waals surface area contributed by atoms with Gasteiger partial charge in [-0.1, -0.05) is 0 Å². The molecule has 9 heteroatoms. The Morgan fingerprint density at radius 1 is 1.18 bits per heavy atom. The number of halogens is 3. The Morgan fingerprint density at radius 3 is 2.52 bits per heavy atom. The number of likely N-dealkylation sites (tertiary alicyclic amines) is 1. The van der Waals surface area contributed by atoms with E-state index in [1.807, 2.05) is 10.7 Å². The normalized spacial score (nSPS) is 30.7. The van der Waals surface area contributed by atoms with Crippen LogP contribution in [-0.2, 0) is 10.9 Å². The van der Waals surface area contributed by atoms with E-state index in [1.54, 1.807) is 0 Å². The van der Waals surface area contributed by atoms with Gasteiger partial charge in [-0.15, -0.1) is 0 Å². The molecule has 0 radical (unpaired) electrons. The highest BCUT2D eigenvalue weighted by Gasteiger charge is 2.61. The van der Waals surface area contributed by atoms with Gasteiger partial charge >= 0.3 is 6.18 Å². The Labute approximate surface area is 191 Å². The fraction of sp³-hybridized carbons (Fsp3) is 0.667. The molecule has 2 aromatic heterocycles. The summed E-state index contributed by atoms with van der Waals surface area (Å²) < 4.78 is 47.9. The summed E-state index contributed by atoms with van der Waals surface area (Å²) in [7, 11) is 0. The van der Waals surface area contributed by atoms with Gasteiger partial charge in [-0.25, -0.2) is 4.98 Å². The number of fused-ring (bicyclic) bond motifs is 1. The van der Waals surface area contributed by atoms with Crippen LogP contribution in [0.25, 0.3) is 11.3 Å². The number of nitrogens with zero attached hydrogens (tertiary/aromatic N) is 4. The average molecular weight is 462 g/mol. The lowest BCUT2D eigenvalue weighted by Gasteiger charge is -2.50. The van der Waals surface area contributed by atoms with Gasteiger partial charge in [0.1, 0.15) is 5.82 Å². The van der Waals surface area contributed by atoms with E-state index in [9.17, 15) is 13.2 Å². The van der Waals surface area contributed by atoms with Crippen LogP contribution in [0.2, 0.25) is 0 Å². The van der Waals surface area contributed by atoms with Crippen molar-refractivity contribution in [3.05, 3.63) is 29.6 Å². The van der Waals surface area contributed by atoms with E-state index in [-0.39, 0.29) is 11.6 Å². The van der Waals surface area contributed by atoms with E-state index in [4.69, 9.17) is 15.6 Å². The average Bonchev–Trinajstić information content (AvgIpc) is 3.22. The van der Waals surface area contributed by atoms with Crippen LogP contribution < -0.4 is 5.73 Å². The molecule has 0 aromatic carbocycles. The fourth-order valence-corrected chi connectivity index (χ4v) is 6.56. The summed E-state index contributed by atoms with van der Waals surface area (Å²) in [5.41, 5.74) is 6.72. The van der Waals surface area contributed by atoms with Crippen molar-refractivity contribution in [1.82, 2.24) is 19.7 Å². The maximum Gasteiger partial charge on any atom is 0.419 e. The lowest BCUT2D eigenvalue weighted by Crippen LogP contribution is -2.64. The van der Waals surface area contributed by atoms with Crippen molar-refractivity contribution in [3.63, 3.8) is 0 Å². The number of rotatable bonds is 4. The quantitative estimate of drug-likeness (QED) is 0.727. The fourth-order valence-electron chi connectivity index (χ4n) is 6.56. The minimum Gasteiger partial charge on any atom is -0.383 e. The number of alkyl halides is 3. The molecule has 2 aliphatic carbocycles. The van der Waals surface area contributed by atoms with Crippen molar-refractivity contribution < 1.29 is 17.9 Å². The van der Waals surface area contributed by atoms with E-state index in [1.165, 1.54) is 31.9 Å². The topological polar surface area (TPSA) is 69.2 Å². The summed E-state index contributed by atoms with van der Waals surface area (Å²) in [5.74, 6) is 1.20. The van der Waals surface area contributed by atoms with Crippen LogP contribution in [0.15, 0.2) is 18.3 Å². The number of nitrogens with two attached hydrogens (primary N) is 1. The molecule has 2 saturated heterocycles. The maximum absolute atomic E-state index is 13.3. The number of anilines is 1. The Hall–Kier alpha value is -2.13. The second-order valence-corrected chi connectivity index (χ2v) is 10.7. The zero-order chi connectivity index (χ0) is 23.1. The van der Waals surface area contributed by atoms with Gasteiger partial charge in [0.25, 0.3) is 0 Å². The monoisotopic (exact) mass is 461 g/mol. The minimum atomic E-state index is -4.54. The SMILES string of the molecule is CC(C)n1nc(-c2cnc(N)c(C(F)(F)F)c2)cc1C1C2CC(N3CC4(CCCO4)C3)CC21. The van der Waals surface area contributed by atoms with Crippen LogP contribution in [0.5, 0.6) is 0 Å². The third-order valence-electron chi connectivity index (χ3n) is 8.22. The molecule has 0 amide bonds. The highest BCUT2D eigenvalue weighted by molar-refractivity contribution is 5.63. The van der Waals surface area contributed by atoms with Gasteiger partial charge in [-0.3, -0.25) is 9.58 Å². The first-order valence-corrected chi connectivity index (χ1v) is 12.0. The summed E-state index contributed by atoms with van der Waals surface area (Å²) in [5, 5.41) is 4.69. The first-order valence-electron chi connectivity index (χ1n) is 12.0. The molecule has 2 unspecified atom stereocenters. The van der Waals surface area contributed by atoms with Crippen molar-refractivity contribution in [2.45, 2.75) is 69.3 Å². The molecule has 2 aliphatic heterocycles. The van der Waals surface area contributed by atoms with E-state index in [2.05, 4.69) is 23.7 Å². The molecular formula is C24H30F3N5O. The molecule has 2 N–H and O–H groups in total. The Morgan fingerprint density at radius 2 is 1.91 bits per heavy atom. The first-order chi connectivity index (χ1) is 15.7. The van der Waals surface area contributed by atoms with Gasteiger partial charge in [0.05, 0.1) is 16.9 Å². The molecule has 2 saturated carbocycles. The summed E-state index contributed by atoms with van der Waals surface area (Å²) in [6.45, 7) is 7.17. The van der Waals surface area contributed by atoms with Crippen LogP contribution in [0.4, 0.5) is 19.0 Å². The predicted molar refractivity (Wildman–Crippen MR) is 117 cm³/mol. The summed E-state index contributed by atoms with van der Waals surface area (Å²) in [6, 6.07) is 3.80. The van der Waals surface area contributed by atoms with Crippen molar-refractivity contribution in [3.8, 4) is 11.3 Å². The summed E-state index contributed by atoms with van der Waals surface area (Å²) in [6.07, 6.45) is 1.59. The van der Waals surface area contributed by atoms with Crippen molar-refractivity contribution in [1.29, 1.82) is 0 Å². The van der Waals surface area contributed by atoms with Crippen molar-refractivity contribution in [2.75, 3.05) is 25.4 Å². The molecule has 0 bridgehead atoms. The van der Waals surface area contributed by atoms with Crippen LogP contribution in [0, 0.1) is 11.8 Å². The zero-order valence-corrected chi connectivity index (χ0v) is 19.0. The zero-order valence-electron chi connectivity index (χ0n) is 19.0.